The Morgan fingerprint density at radius 2 is 1.77 bits per heavy atom. The van der Waals surface area contributed by atoms with E-state index in [1.54, 1.807) is 18.3 Å². The molecule has 2 aliphatic carbocycles. The number of halogens is 1. The van der Waals surface area contributed by atoms with E-state index in [0.29, 0.717) is 23.6 Å². The molecule has 0 bridgehead atoms. The monoisotopic (exact) mass is 423 g/mol. The van der Waals surface area contributed by atoms with Gasteiger partial charge in [0.1, 0.15) is 17.2 Å². The van der Waals surface area contributed by atoms with Crippen LogP contribution in [-0.2, 0) is 6.42 Å². The largest absolute Gasteiger partial charge is 0.393 e. The molecule has 1 aromatic carbocycles. The summed E-state index contributed by atoms with van der Waals surface area (Å²) in [5, 5.41) is 13.0. The highest BCUT2D eigenvalue weighted by molar-refractivity contribution is 5.75. The lowest BCUT2D eigenvalue weighted by Crippen LogP contribution is -2.20. The Bertz CT molecular complexity index is 1040. The maximum Gasteiger partial charge on any atom is 0.210 e. The molecule has 2 fully saturated rings. The van der Waals surface area contributed by atoms with Gasteiger partial charge in [-0.3, -0.25) is 4.57 Å². The number of aliphatic hydroxyl groups excluding tert-OH is 1. The second-order valence-corrected chi connectivity index (χ2v) is 9.08. The Hall–Kier alpha value is -2.54. The Morgan fingerprint density at radius 3 is 2.55 bits per heavy atom. The van der Waals surface area contributed by atoms with Gasteiger partial charge in [0.2, 0.25) is 5.95 Å². The number of nitrogens with one attached hydrogen (secondary N) is 1. The number of fused-ring (bicyclic) bond motifs is 1. The summed E-state index contributed by atoms with van der Waals surface area (Å²) >= 11 is 0. The van der Waals surface area contributed by atoms with Crippen molar-refractivity contribution in [2.75, 3.05) is 5.32 Å². The van der Waals surface area contributed by atoms with Gasteiger partial charge in [-0.15, -0.1) is 0 Å². The number of anilines is 2. The molecule has 2 heterocycles. The second kappa shape index (κ2) is 8.91. The highest BCUT2D eigenvalue weighted by atomic mass is 19.1. The molecular formula is C24H30FN5O. The van der Waals surface area contributed by atoms with Gasteiger partial charge >= 0.3 is 0 Å². The van der Waals surface area contributed by atoms with Crippen LogP contribution < -0.4 is 5.32 Å². The summed E-state index contributed by atoms with van der Waals surface area (Å²) in [5.41, 5.74) is 2.00. The van der Waals surface area contributed by atoms with Gasteiger partial charge in [-0.05, 0) is 56.6 Å². The molecule has 5 rings (SSSR count). The smallest absolute Gasteiger partial charge is 0.210 e. The molecule has 0 radical (unpaired) electrons. The summed E-state index contributed by atoms with van der Waals surface area (Å²) in [5.74, 6) is 1.70. The molecule has 2 saturated carbocycles. The molecule has 0 amide bonds. The molecule has 0 aliphatic heterocycles. The van der Waals surface area contributed by atoms with Gasteiger partial charge < -0.3 is 10.4 Å². The third-order valence-corrected chi connectivity index (χ3v) is 6.83. The minimum atomic E-state index is -0.295. The van der Waals surface area contributed by atoms with Gasteiger partial charge in [0, 0.05) is 12.5 Å². The third kappa shape index (κ3) is 4.42. The molecular weight excluding hydrogens is 393 g/mol. The number of aromatic nitrogens is 4. The average Bonchev–Trinajstić information content (AvgIpc) is 3.15. The second-order valence-electron chi connectivity index (χ2n) is 9.08. The van der Waals surface area contributed by atoms with E-state index in [1.165, 1.54) is 25.3 Å². The topological polar surface area (TPSA) is 75.9 Å². The third-order valence-electron chi connectivity index (χ3n) is 6.83. The SMILES string of the molecule is OC1CCC(Cc2ncc3nc(Nc4ccccc4F)n(C4CCCCC4)c3n2)CC1. The number of aliphatic hydroxyl groups is 1. The molecule has 3 aromatic rings. The highest BCUT2D eigenvalue weighted by Gasteiger charge is 2.25. The summed E-state index contributed by atoms with van der Waals surface area (Å²) < 4.78 is 16.5. The number of nitrogens with zero attached hydrogens (tertiary/aromatic N) is 4. The summed E-state index contributed by atoms with van der Waals surface area (Å²) in [6, 6.07) is 6.99. The molecule has 0 spiro atoms. The first kappa shape index (κ1) is 20.4. The van der Waals surface area contributed by atoms with E-state index in [1.807, 2.05) is 6.07 Å². The van der Waals surface area contributed by atoms with Crippen LogP contribution in [-0.4, -0.2) is 30.7 Å². The van der Waals surface area contributed by atoms with Crippen molar-refractivity contribution in [1.82, 2.24) is 19.5 Å². The number of imidazole rings is 1. The van der Waals surface area contributed by atoms with Gasteiger partial charge in [-0.1, -0.05) is 31.4 Å². The van der Waals surface area contributed by atoms with Crippen LogP contribution in [0.2, 0.25) is 0 Å². The zero-order valence-electron chi connectivity index (χ0n) is 17.8. The molecule has 2 aromatic heterocycles. The van der Waals surface area contributed by atoms with Crippen LogP contribution in [0.15, 0.2) is 30.5 Å². The molecule has 2 aliphatic rings. The summed E-state index contributed by atoms with van der Waals surface area (Å²) in [4.78, 5) is 14.3. The summed E-state index contributed by atoms with van der Waals surface area (Å²) in [6.45, 7) is 0. The summed E-state index contributed by atoms with van der Waals surface area (Å²) in [7, 11) is 0. The van der Waals surface area contributed by atoms with Crippen molar-refractivity contribution in [3.05, 3.63) is 42.1 Å². The van der Waals surface area contributed by atoms with Crippen LogP contribution in [0.4, 0.5) is 16.0 Å². The van der Waals surface area contributed by atoms with Crippen LogP contribution in [0.1, 0.15) is 69.7 Å². The fraction of sp³-hybridized carbons (Fsp3) is 0.542. The number of rotatable bonds is 5. The van der Waals surface area contributed by atoms with Gasteiger partial charge in [-0.2, -0.15) is 0 Å². The normalized spacial score (nSPS) is 22.6. The van der Waals surface area contributed by atoms with Crippen molar-refractivity contribution in [1.29, 1.82) is 0 Å². The molecule has 2 N–H and O–H groups in total. The van der Waals surface area contributed by atoms with Crippen LogP contribution >= 0.6 is 0 Å². The van der Waals surface area contributed by atoms with Crippen molar-refractivity contribution in [2.24, 2.45) is 5.92 Å². The van der Waals surface area contributed by atoms with Crippen LogP contribution in [0, 0.1) is 11.7 Å². The molecule has 0 unspecified atom stereocenters. The highest BCUT2D eigenvalue weighted by Crippen LogP contribution is 2.35. The zero-order chi connectivity index (χ0) is 21.2. The van der Waals surface area contributed by atoms with Crippen molar-refractivity contribution in [3.63, 3.8) is 0 Å². The first-order valence-corrected chi connectivity index (χ1v) is 11.6. The predicted molar refractivity (Wildman–Crippen MR) is 119 cm³/mol. The van der Waals surface area contributed by atoms with E-state index in [9.17, 15) is 9.50 Å². The van der Waals surface area contributed by atoms with Crippen molar-refractivity contribution in [3.8, 4) is 0 Å². The number of hydrogen-bond donors (Lipinski definition) is 2. The fourth-order valence-electron chi connectivity index (χ4n) is 5.09. The number of benzene rings is 1. The quantitative estimate of drug-likeness (QED) is 0.582. The molecule has 0 atom stereocenters. The lowest BCUT2D eigenvalue weighted by Gasteiger charge is -2.26. The maximum atomic E-state index is 14.3. The molecule has 0 saturated heterocycles. The molecule has 31 heavy (non-hydrogen) atoms. The minimum absolute atomic E-state index is 0.153. The maximum absolute atomic E-state index is 14.3. The van der Waals surface area contributed by atoms with Gasteiger partial charge in [0.15, 0.2) is 5.65 Å². The Morgan fingerprint density at radius 1 is 1.00 bits per heavy atom. The number of para-hydroxylation sites is 1. The lowest BCUT2D eigenvalue weighted by atomic mass is 9.85. The van der Waals surface area contributed by atoms with Crippen LogP contribution in [0.3, 0.4) is 0 Å². The van der Waals surface area contributed by atoms with E-state index < -0.39 is 0 Å². The number of hydrogen-bond acceptors (Lipinski definition) is 5. The van der Waals surface area contributed by atoms with Crippen molar-refractivity contribution >= 4 is 22.8 Å². The van der Waals surface area contributed by atoms with Gasteiger partial charge in [0.25, 0.3) is 0 Å². The zero-order valence-corrected chi connectivity index (χ0v) is 17.8. The first-order chi connectivity index (χ1) is 15.2. The van der Waals surface area contributed by atoms with E-state index in [4.69, 9.17) is 9.97 Å². The van der Waals surface area contributed by atoms with Gasteiger partial charge in [-0.25, -0.2) is 19.3 Å². The Balaban J connectivity index is 1.49. The van der Waals surface area contributed by atoms with Gasteiger partial charge in [0.05, 0.1) is 18.0 Å². The first-order valence-electron chi connectivity index (χ1n) is 11.6. The predicted octanol–water partition coefficient (Wildman–Crippen LogP) is 5.31. The van der Waals surface area contributed by atoms with E-state index >= 15 is 0 Å². The van der Waals surface area contributed by atoms with Crippen LogP contribution in [0.5, 0.6) is 0 Å². The van der Waals surface area contributed by atoms with Crippen molar-refractivity contribution in [2.45, 2.75) is 76.4 Å². The van der Waals surface area contributed by atoms with Crippen molar-refractivity contribution < 1.29 is 9.50 Å². The van der Waals surface area contributed by atoms with E-state index in [-0.39, 0.29) is 11.9 Å². The average molecular weight is 424 g/mol. The summed E-state index contributed by atoms with van der Waals surface area (Å²) in [6.07, 6.45) is 12.0. The van der Waals surface area contributed by atoms with E-state index in [0.717, 1.165) is 61.9 Å². The standard InChI is InChI=1S/C24H30FN5O/c25-19-8-4-5-9-20(19)27-24-28-21-15-26-22(14-16-10-12-18(31)13-11-16)29-23(21)30(24)17-6-2-1-3-7-17/h4-5,8-9,15-18,31H,1-3,6-7,10-14H2,(H,27,28). The minimum Gasteiger partial charge on any atom is -0.393 e. The Kier molecular flexibility index (Phi) is 5.85. The molecule has 164 valence electrons. The van der Waals surface area contributed by atoms with E-state index in [2.05, 4.69) is 14.9 Å². The molecule has 7 heteroatoms. The molecule has 6 nitrogen and oxygen atoms in total. The van der Waals surface area contributed by atoms with Crippen LogP contribution in [0.25, 0.3) is 11.2 Å². The lowest BCUT2D eigenvalue weighted by molar-refractivity contribution is 0.108. The Labute approximate surface area is 181 Å². The fourth-order valence-corrected chi connectivity index (χ4v) is 5.09.